The average Bonchev–Trinajstić information content (AvgIpc) is 2.04. The highest BCUT2D eigenvalue weighted by Gasteiger charge is 2.31. The molecule has 0 N–H and O–H groups in total. The zero-order valence-electron chi connectivity index (χ0n) is 7.08. The van der Waals surface area contributed by atoms with Crippen LogP contribution in [0, 0.1) is 5.92 Å². The minimum absolute atomic E-state index is 0.0364. The summed E-state index contributed by atoms with van der Waals surface area (Å²) in [6, 6.07) is 0. The summed E-state index contributed by atoms with van der Waals surface area (Å²) >= 11 is 0. The van der Waals surface area contributed by atoms with Crippen LogP contribution >= 0.6 is 0 Å². The van der Waals surface area contributed by atoms with Gasteiger partial charge in [-0.3, -0.25) is 0 Å². The fourth-order valence-electron chi connectivity index (χ4n) is 2.09. The third kappa shape index (κ3) is 1.57. The fourth-order valence-corrected chi connectivity index (χ4v) is 2.09. The van der Waals surface area contributed by atoms with Gasteiger partial charge in [-0.05, 0) is 19.8 Å². The van der Waals surface area contributed by atoms with E-state index in [0.29, 0.717) is 12.0 Å². The minimum atomic E-state index is 0.0364. The molecule has 0 spiro atoms. The van der Waals surface area contributed by atoms with Crippen molar-refractivity contribution in [2.45, 2.75) is 45.0 Å². The second-order valence-electron chi connectivity index (χ2n) is 3.62. The highest BCUT2D eigenvalue weighted by atomic mass is 16.7. The molecule has 0 aromatic rings. The lowest BCUT2D eigenvalue weighted by atomic mass is 9.86. The van der Waals surface area contributed by atoms with E-state index in [0.717, 1.165) is 6.61 Å². The first-order valence-electron chi connectivity index (χ1n) is 4.63. The Balaban J connectivity index is 1.93. The van der Waals surface area contributed by atoms with E-state index >= 15 is 0 Å². The molecule has 1 saturated carbocycles. The topological polar surface area (TPSA) is 18.5 Å². The van der Waals surface area contributed by atoms with Gasteiger partial charge in [0.1, 0.15) is 0 Å². The molecule has 2 heteroatoms. The zero-order chi connectivity index (χ0) is 7.68. The number of hydrogen-bond donors (Lipinski definition) is 0. The smallest absolute Gasteiger partial charge is 0.155 e. The number of rotatable bonds is 0. The molecular weight excluding hydrogens is 140 g/mol. The average molecular weight is 156 g/mol. The van der Waals surface area contributed by atoms with Crippen molar-refractivity contribution in [2.24, 2.45) is 5.92 Å². The van der Waals surface area contributed by atoms with Crippen LogP contribution in [-0.2, 0) is 9.47 Å². The maximum Gasteiger partial charge on any atom is 0.155 e. The van der Waals surface area contributed by atoms with Gasteiger partial charge in [-0.25, -0.2) is 0 Å². The van der Waals surface area contributed by atoms with E-state index in [4.69, 9.17) is 9.47 Å². The first-order valence-corrected chi connectivity index (χ1v) is 4.63. The normalized spacial score (nSPS) is 45.0. The second-order valence-corrected chi connectivity index (χ2v) is 3.62. The zero-order valence-corrected chi connectivity index (χ0v) is 7.08. The van der Waals surface area contributed by atoms with Crippen molar-refractivity contribution < 1.29 is 9.47 Å². The Kier molecular flexibility index (Phi) is 2.14. The third-order valence-corrected chi connectivity index (χ3v) is 2.75. The van der Waals surface area contributed by atoms with Crippen molar-refractivity contribution in [3.05, 3.63) is 0 Å². The van der Waals surface area contributed by atoms with Crippen LogP contribution in [0.1, 0.15) is 32.6 Å². The molecule has 3 atom stereocenters. The lowest BCUT2D eigenvalue weighted by Crippen LogP contribution is -2.40. The van der Waals surface area contributed by atoms with Crippen molar-refractivity contribution in [2.75, 3.05) is 6.61 Å². The van der Waals surface area contributed by atoms with Crippen LogP contribution in [0.3, 0.4) is 0 Å². The number of ether oxygens (including phenoxy) is 2. The molecule has 0 aromatic heterocycles. The molecular formula is C9H16O2. The van der Waals surface area contributed by atoms with E-state index in [1.54, 1.807) is 0 Å². The Hall–Kier alpha value is -0.0800. The van der Waals surface area contributed by atoms with Gasteiger partial charge in [0.2, 0.25) is 0 Å². The van der Waals surface area contributed by atoms with Crippen LogP contribution in [0.25, 0.3) is 0 Å². The van der Waals surface area contributed by atoms with E-state index in [-0.39, 0.29) is 6.29 Å². The van der Waals surface area contributed by atoms with E-state index < -0.39 is 0 Å². The first-order chi connectivity index (χ1) is 5.36. The van der Waals surface area contributed by atoms with Crippen molar-refractivity contribution in [1.82, 2.24) is 0 Å². The quantitative estimate of drug-likeness (QED) is 0.533. The SMILES string of the molecule is C[C@@H]1OC[C@H]2CCCC[C@@H]2O1. The Labute approximate surface area is 67.9 Å². The highest BCUT2D eigenvalue weighted by molar-refractivity contribution is 4.78. The summed E-state index contributed by atoms with van der Waals surface area (Å²) in [5.74, 6) is 0.694. The molecule has 0 unspecified atom stereocenters. The lowest BCUT2D eigenvalue weighted by Gasteiger charge is -2.38. The van der Waals surface area contributed by atoms with E-state index in [2.05, 4.69) is 0 Å². The highest BCUT2D eigenvalue weighted by Crippen LogP contribution is 2.31. The summed E-state index contributed by atoms with van der Waals surface area (Å²) in [5, 5.41) is 0. The fraction of sp³-hybridized carbons (Fsp3) is 1.00. The molecule has 0 bridgehead atoms. The van der Waals surface area contributed by atoms with Crippen LogP contribution in [0.5, 0.6) is 0 Å². The summed E-state index contributed by atoms with van der Waals surface area (Å²) in [7, 11) is 0. The summed E-state index contributed by atoms with van der Waals surface area (Å²) in [5.41, 5.74) is 0. The van der Waals surface area contributed by atoms with Gasteiger partial charge in [-0.1, -0.05) is 12.8 Å². The maximum absolute atomic E-state index is 5.67. The van der Waals surface area contributed by atoms with E-state index in [1.165, 1.54) is 25.7 Å². The Morgan fingerprint density at radius 2 is 2.00 bits per heavy atom. The van der Waals surface area contributed by atoms with Crippen LogP contribution in [0.2, 0.25) is 0 Å². The minimum Gasteiger partial charge on any atom is -0.353 e. The molecule has 1 heterocycles. The van der Waals surface area contributed by atoms with Crippen molar-refractivity contribution in [1.29, 1.82) is 0 Å². The van der Waals surface area contributed by atoms with Crippen molar-refractivity contribution in [3.63, 3.8) is 0 Å². The predicted octanol–water partition coefficient (Wildman–Crippen LogP) is 1.94. The summed E-state index contributed by atoms with van der Waals surface area (Å²) < 4.78 is 11.1. The molecule has 0 radical (unpaired) electrons. The van der Waals surface area contributed by atoms with Gasteiger partial charge in [0, 0.05) is 5.92 Å². The van der Waals surface area contributed by atoms with Crippen LogP contribution in [-0.4, -0.2) is 19.0 Å². The lowest BCUT2D eigenvalue weighted by molar-refractivity contribution is -0.234. The van der Waals surface area contributed by atoms with E-state index in [1.807, 2.05) is 6.92 Å². The summed E-state index contributed by atoms with van der Waals surface area (Å²) in [6.07, 6.45) is 5.80. The molecule has 11 heavy (non-hydrogen) atoms. The largest absolute Gasteiger partial charge is 0.353 e. The van der Waals surface area contributed by atoms with Gasteiger partial charge in [0.05, 0.1) is 12.7 Å². The van der Waals surface area contributed by atoms with Crippen LogP contribution in [0.15, 0.2) is 0 Å². The van der Waals surface area contributed by atoms with Crippen LogP contribution in [0.4, 0.5) is 0 Å². The number of hydrogen-bond acceptors (Lipinski definition) is 2. The third-order valence-electron chi connectivity index (χ3n) is 2.75. The van der Waals surface area contributed by atoms with Gasteiger partial charge in [-0.15, -0.1) is 0 Å². The molecule has 0 aromatic carbocycles. The Morgan fingerprint density at radius 1 is 1.18 bits per heavy atom. The van der Waals surface area contributed by atoms with Gasteiger partial charge >= 0.3 is 0 Å². The van der Waals surface area contributed by atoms with Crippen molar-refractivity contribution >= 4 is 0 Å². The predicted molar refractivity (Wildman–Crippen MR) is 42.2 cm³/mol. The molecule has 2 fully saturated rings. The molecule has 0 amide bonds. The number of fused-ring (bicyclic) bond motifs is 1. The second kappa shape index (κ2) is 3.11. The molecule has 2 rings (SSSR count). The first kappa shape index (κ1) is 7.56. The summed E-state index contributed by atoms with van der Waals surface area (Å²) in [4.78, 5) is 0. The molecule has 1 saturated heterocycles. The van der Waals surface area contributed by atoms with Crippen LogP contribution < -0.4 is 0 Å². The molecule has 64 valence electrons. The Bertz CT molecular complexity index is 136. The van der Waals surface area contributed by atoms with Gasteiger partial charge in [0.25, 0.3) is 0 Å². The van der Waals surface area contributed by atoms with Gasteiger partial charge in [-0.2, -0.15) is 0 Å². The maximum atomic E-state index is 5.67. The Morgan fingerprint density at radius 3 is 2.91 bits per heavy atom. The molecule has 1 aliphatic heterocycles. The molecule has 1 aliphatic carbocycles. The van der Waals surface area contributed by atoms with Crippen molar-refractivity contribution in [3.8, 4) is 0 Å². The molecule has 2 nitrogen and oxygen atoms in total. The van der Waals surface area contributed by atoms with Gasteiger partial charge < -0.3 is 9.47 Å². The monoisotopic (exact) mass is 156 g/mol. The standard InChI is InChI=1S/C9H16O2/c1-7-10-6-8-4-2-3-5-9(8)11-7/h7-9H,2-6H2,1H3/t7-,8-,9+/m1/s1. The van der Waals surface area contributed by atoms with E-state index in [9.17, 15) is 0 Å². The summed E-state index contributed by atoms with van der Waals surface area (Å²) in [6.45, 7) is 2.91. The molecule has 2 aliphatic rings. The van der Waals surface area contributed by atoms with Gasteiger partial charge in [0.15, 0.2) is 6.29 Å².